The molecule has 0 bridgehead atoms. The molecule has 1 unspecified atom stereocenters. The Morgan fingerprint density at radius 3 is 1.63 bits per heavy atom. The van der Waals surface area contributed by atoms with Crippen LogP contribution in [0.3, 0.4) is 0 Å². The number of rotatable bonds is 9. The summed E-state index contributed by atoms with van der Waals surface area (Å²) in [6.45, 7) is 3.04. The minimum Gasteiger partial charge on any atom is -0.387 e. The highest BCUT2D eigenvalue weighted by Gasteiger charge is 2.31. The number of unbranched alkanes of at least 4 members (excludes halogenated alkanes) is 2. The van der Waals surface area contributed by atoms with Crippen molar-refractivity contribution >= 4 is 0 Å². The fourth-order valence-corrected chi connectivity index (χ4v) is 3.56. The SMILES string of the molecule is CCCCCNCC(O)c1cc(-c2ccc(C(F)(F)F)cc2)nc(-c2ccc(C(F)(F)F)cc2)c1. The van der Waals surface area contributed by atoms with Gasteiger partial charge in [0.05, 0.1) is 28.6 Å². The molecule has 0 amide bonds. The summed E-state index contributed by atoms with van der Waals surface area (Å²) in [5.74, 6) is 0. The number of benzene rings is 2. The first-order valence-corrected chi connectivity index (χ1v) is 11.2. The molecule has 35 heavy (non-hydrogen) atoms. The Bertz CT molecular complexity index is 1020. The van der Waals surface area contributed by atoms with Crippen molar-refractivity contribution < 1.29 is 31.4 Å². The maximum absolute atomic E-state index is 13.0. The number of pyridine rings is 1. The van der Waals surface area contributed by atoms with E-state index in [0.29, 0.717) is 34.6 Å². The lowest BCUT2D eigenvalue weighted by Crippen LogP contribution is -2.22. The maximum Gasteiger partial charge on any atom is 0.416 e. The molecule has 1 heterocycles. The summed E-state index contributed by atoms with van der Waals surface area (Å²) >= 11 is 0. The molecule has 1 aromatic heterocycles. The minimum atomic E-state index is -4.49. The van der Waals surface area contributed by atoms with Gasteiger partial charge in [0.25, 0.3) is 0 Å². The first-order chi connectivity index (χ1) is 16.5. The van der Waals surface area contributed by atoms with E-state index in [0.717, 1.165) is 43.5 Å². The van der Waals surface area contributed by atoms with Crippen LogP contribution in [0.25, 0.3) is 22.5 Å². The Kier molecular flexibility index (Phi) is 8.56. The van der Waals surface area contributed by atoms with Gasteiger partial charge in [-0.1, -0.05) is 44.0 Å². The van der Waals surface area contributed by atoms with Crippen LogP contribution in [-0.4, -0.2) is 23.2 Å². The molecule has 0 saturated carbocycles. The Labute approximate surface area is 199 Å². The Hall–Kier alpha value is -2.91. The Morgan fingerprint density at radius 2 is 1.23 bits per heavy atom. The largest absolute Gasteiger partial charge is 0.416 e. The second-order valence-corrected chi connectivity index (χ2v) is 8.25. The number of nitrogens with zero attached hydrogens (tertiary/aromatic N) is 1. The van der Waals surface area contributed by atoms with Crippen molar-refractivity contribution in [2.75, 3.05) is 13.1 Å². The van der Waals surface area contributed by atoms with E-state index in [-0.39, 0.29) is 6.54 Å². The number of aliphatic hydroxyl groups excluding tert-OH is 1. The zero-order valence-corrected chi connectivity index (χ0v) is 19.0. The number of nitrogens with one attached hydrogen (secondary N) is 1. The molecule has 0 aliphatic heterocycles. The van der Waals surface area contributed by atoms with Crippen LogP contribution in [0.15, 0.2) is 60.7 Å². The highest BCUT2D eigenvalue weighted by molar-refractivity contribution is 5.68. The van der Waals surface area contributed by atoms with Crippen LogP contribution in [0.2, 0.25) is 0 Å². The molecule has 0 fully saturated rings. The molecular weight excluding hydrogens is 470 g/mol. The molecule has 0 radical (unpaired) electrons. The van der Waals surface area contributed by atoms with Crippen LogP contribution < -0.4 is 5.32 Å². The van der Waals surface area contributed by atoms with Gasteiger partial charge in [0.2, 0.25) is 0 Å². The highest BCUT2D eigenvalue weighted by atomic mass is 19.4. The van der Waals surface area contributed by atoms with Crippen LogP contribution in [0.5, 0.6) is 0 Å². The van der Waals surface area contributed by atoms with E-state index in [4.69, 9.17) is 0 Å². The van der Waals surface area contributed by atoms with Crippen molar-refractivity contribution in [3.63, 3.8) is 0 Å². The monoisotopic (exact) mass is 496 g/mol. The number of aromatic nitrogens is 1. The van der Waals surface area contributed by atoms with E-state index >= 15 is 0 Å². The van der Waals surface area contributed by atoms with Crippen molar-refractivity contribution in [3.8, 4) is 22.5 Å². The van der Waals surface area contributed by atoms with Crippen molar-refractivity contribution in [2.24, 2.45) is 0 Å². The molecule has 2 N–H and O–H groups in total. The highest BCUT2D eigenvalue weighted by Crippen LogP contribution is 2.34. The predicted molar refractivity (Wildman–Crippen MR) is 122 cm³/mol. The Balaban J connectivity index is 1.96. The van der Waals surface area contributed by atoms with Crippen molar-refractivity contribution in [1.29, 1.82) is 0 Å². The zero-order chi connectivity index (χ0) is 25.6. The molecule has 0 aliphatic rings. The van der Waals surface area contributed by atoms with Crippen LogP contribution in [0.4, 0.5) is 26.3 Å². The lowest BCUT2D eigenvalue weighted by Gasteiger charge is -2.16. The molecule has 2 aromatic carbocycles. The maximum atomic E-state index is 13.0. The van der Waals surface area contributed by atoms with Gasteiger partial charge in [-0.15, -0.1) is 0 Å². The summed E-state index contributed by atoms with van der Waals surface area (Å²) in [5, 5.41) is 13.9. The number of halogens is 6. The molecule has 0 aliphatic carbocycles. The average molecular weight is 496 g/mol. The fraction of sp³-hybridized carbons (Fsp3) is 0.346. The van der Waals surface area contributed by atoms with Crippen LogP contribution in [-0.2, 0) is 12.4 Å². The van der Waals surface area contributed by atoms with Gasteiger partial charge < -0.3 is 10.4 Å². The van der Waals surface area contributed by atoms with Crippen LogP contribution in [0, 0.1) is 0 Å². The van der Waals surface area contributed by atoms with Crippen LogP contribution >= 0.6 is 0 Å². The molecule has 188 valence electrons. The molecule has 3 aromatic rings. The second-order valence-electron chi connectivity index (χ2n) is 8.25. The standard InChI is InChI=1S/C26H26F6N2O/c1-2-3-4-13-33-16-24(35)19-14-22(17-5-9-20(10-6-17)25(27,28)29)34-23(15-19)18-7-11-21(12-8-18)26(30,31)32/h5-12,14-15,24,33,35H,2-4,13,16H2,1H3. The second kappa shape index (κ2) is 11.2. The third kappa shape index (κ3) is 7.29. The zero-order valence-electron chi connectivity index (χ0n) is 19.0. The third-order valence-corrected chi connectivity index (χ3v) is 5.54. The van der Waals surface area contributed by atoms with E-state index in [1.54, 1.807) is 12.1 Å². The van der Waals surface area contributed by atoms with Crippen molar-refractivity contribution in [3.05, 3.63) is 77.4 Å². The summed E-state index contributed by atoms with van der Waals surface area (Å²) in [6.07, 6.45) is -6.86. The van der Waals surface area contributed by atoms with Gasteiger partial charge in [0, 0.05) is 17.7 Å². The number of alkyl halides is 6. The summed E-state index contributed by atoms with van der Waals surface area (Å²) in [5.41, 5.74) is 0.209. The van der Waals surface area contributed by atoms with Gasteiger partial charge in [-0.25, -0.2) is 4.98 Å². The average Bonchev–Trinajstić information content (AvgIpc) is 2.82. The van der Waals surface area contributed by atoms with Gasteiger partial charge in [-0.2, -0.15) is 26.3 Å². The lowest BCUT2D eigenvalue weighted by atomic mass is 10.0. The number of hydrogen-bond donors (Lipinski definition) is 2. The molecular formula is C26H26F6N2O. The summed E-state index contributed by atoms with van der Waals surface area (Å²) in [6, 6.07) is 12.0. The summed E-state index contributed by atoms with van der Waals surface area (Å²) < 4.78 is 77.7. The van der Waals surface area contributed by atoms with Gasteiger partial charge in [0.1, 0.15) is 0 Å². The van der Waals surface area contributed by atoms with E-state index in [2.05, 4.69) is 17.2 Å². The van der Waals surface area contributed by atoms with E-state index in [1.165, 1.54) is 24.3 Å². The molecule has 9 heteroatoms. The first-order valence-electron chi connectivity index (χ1n) is 11.2. The molecule has 1 atom stereocenters. The topological polar surface area (TPSA) is 45.1 Å². The number of aliphatic hydroxyl groups is 1. The quantitative estimate of drug-likeness (QED) is 0.242. The van der Waals surface area contributed by atoms with E-state index in [9.17, 15) is 31.4 Å². The predicted octanol–water partition coefficient (Wildman–Crippen LogP) is 7.27. The normalized spacial score (nSPS) is 13.1. The van der Waals surface area contributed by atoms with Gasteiger partial charge in [0.15, 0.2) is 0 Å². The minimum absolute atomic E-state index is 0.243. The Morgan fingerprint density at radius 1 is 0.771 bits per heavy atom. The van der Waals surface area contributed by atoms with Gasteiger partial charge in [-0.3, -0.25) is 0 Å². The fourth-order valence-electron chi connectivity index (χ4n) is 3.56. The van der Waals surface area contributed by atoms with Crippen LogP contribution in [0.1, 0.15) is 49.0 Å². The van der Waals surface area contributed by atoms with Crippen molar-refractivity contribution in [2.45, 2.75) is 44.6 Å². The lowest BCUT2D eigenvalue weighted by molar-refractivity contribution is -0.138. The van der Waals surface area contributed by atoms with E-state index in [1.807, 2.05) is 0 Å². The third-order valence-electron chi connectivity index (χ3n) is 5.54. The summed E-state index contributed by atoms with van der Waals surface area (Å²) in [4.78, 5) is 4.47. The number of hydrogen-bond acceptors (Lipinski definition) is 3. The van der Waals surface area contributed by atoms with E-state index < -0.39 is 29.6 Å². The smallest absolute Gasteiger partial charge is 0.387 e. The van der Waals surface area contributed by atoms with Crippen molar-refractivity contribution in [1.82, 2.24) is 10.3 Å². The molecule has 3 nitrogen and oxygen atoms in total. The molecule has 0 spiro atoms. The molecule has 0 saturated heterocycles. The first kappa shape index (κ1) is 26.7. The molecule has 3 rings (SSSR count). The van der Waals surface area contributed by atoms with Gasteiger partial charge >= 0.3 is 12.4 Å². The van der Waals surface area contributed by atoms with Gasteiger partial charge in [-0.05, 0) is 54.9 Å². The summed E-state index contributed by atoms with van der Waals surface area (Å²) in [7, 11) is 0.